The molecule has 4 rings (SSSR count). The lowest BCUT2D eigenvalue weighted by atomic mass is 10.2. The second-order valence-electron chi connectivity index (χ2n) is 6.77. The molecule has 0 bridgehead atoms. The average Bonchev–Trinajstić information content (AvgIpc) is 3.25. The number of hydrogen-bond donors (Lipinski definition) is 1. The molecule has 3 heterocycles. The van der Waals surface area contributed by atoms with Crippen LogP contribution in [0.3, 0.4) is 0 Å². The first kappa shape index (κ1) is 17.2. The molecule has 1 saturated heterocycles. The van der Waals surface area contributed by atoms with Crippen molar-refractivity contribution < 1.29 is 4.79 Å². The largest absolute Gasteiger partial charge is 0.365 e. The maximum Gasteiger partial charge on any atom is 0.227 e. The van der Waals surface area contributed by atoms with Crippen LogP contribution < -0.4 is 10.2 Å². The Bertz CT molecular complexity index is 980. The fourth-order valence-electron chi connectivity index (χ4n) is 3.35. The standard InChI is InChI=1S/C20H22N6O/c1-14-9-15(2)26(24-14)19-13-21-12-18(23-19)22-11-16-5-3-6-17(10-16)25-8-4-7-20(25)27/h3,5-6,9-10,12-13H,4,7-8,11H2,1-2H3,(H,22,23). The van der Waals surface area contributed by atoms with Crippen molar-refractivity contribution in [2.45, 2.75) is 33.2 Å². The number of benzene rings is 1. The van der Waals surface area contributed by atoms with Gasteiger partial charge in [-0.25, -0.2) is 9.67 Å². The summed E-state index contributed by atoms with van der Waals surface area (Å²) < 4.78 is 1.78. The Morgan fingerprint density at radius 1 is 1.19 bits per heavy atom. The highest BCUT2D eigenvalue weighted by molar-refractivity contribution is 5.95. The second kappa shape index (κ2) is 7.19. The predicted octanol–water partition coefficient (Wildman–Crippen LogP) is 3.02. The molecule has 7 nitrogen and oxygen atoms in total. The van der Waals surface area contributed by atoms with Crippen molar-refractivity contribution in [3.8, 4) is 5.82 Å². The molecule has 1 N–H and O–H groups in total. The van der Waals surface area contributed by atoms with Crippen molar-refractivity contribution in [2.24, 2.45) is 0 Å². The quantitative estimate of drug-likeness (QED) is 0.755. The molecule has 27 heavy (non-hydrogen) atoms. The van der Waals surface area contributed by atoms with Crippen molar-refractivity contribution >= 4 is 17.4 Å². The fraction of sp³-hybridized carbons (Fsp3) is 0.300. The molecule has 0 aliphatic carbocycles. The Balaban J connectivity index is 1.48. The molecule has 3 aromatic rings. The van der Waals surface area contributed by atoms with Crippen LogP contribution in [0.15, 0.2) is 42.7 Å². The smallest absolute Gasteiger partial charge is 0.227 e. The van der Waals surface area contributed by atoms with E-state index >= 15 is 0 Å². The van der Waals surface area contributed by atoms with Crippen LogP contribution in [0, 0.1) is 13.8 Å². The number of anilines is 2. The van der Waals surface area contributed by atoms with Crippen LogP contribution in [0.1, 0.15) is 29.8 Å². The van der Waals surface area contributed by atoms with Gasteiger partial charge in [0.2, 0.25) is 5.91 Å². The van der Waals surface area contributed by atoms with Gasteiger partial charge in [0, 0.05) is 30.9 Å². The molecule has 1 aliphatic rings. The van der Waals surface area contributed by atoms with Gasteiger partial charge in [0.1, 0.15) is 5.82 Å². The highest BCUT2D eigenvalue weighted by Crippen LogP contribution is 2.22. The summed E-state index contributed by atoms with van der Waals surface area (Å²) in [6.45, 7) is 5.35. The number of nitrogens with one attached hydrogen (secondary N) is 1. The third-order valence-corrected chi connectivity index (χ3v) is 4.62. The zero-order chi connectivity index (χ0) is 18.8. The molecule has 2 aromatic heterocycles. The Morgan fingerprint density at radius 3 is 2.81 bits per heavy atom. The van der Waals surface area contributed by atoms with Crippen molar-refractivity contribution in [3.63, 3.8) is 0 Å². The van der Waals surface area contributed by atoms with Crippen molar-refractivity contribution in [2.75, 3.05) is 16.8 Å². The van der Waals surface area contributed by atoms with Crippen LogP contribution in [-0.2, 0) is 11.3 Å². The highest BCUT2D eigenvalue weighted by Gasteiger charge is 2.21. The highest BCUT2D eigenvalue weighted by atomic mass is 16.2. The number of aryl methyl sites for hydroxylation is 2. The summed E-state index contributed by atoms with van der Waals surface area (Å²) in [6, 6.07) is 10.1. The summed E-state index contributed by atoms with van der Waals surface area (Å²) in [7, 11) is 0. The minimum Gasteiger partial charge on any atom is -0.365 e. The normalized spacial score (nSPS) is 14.0. The van der Waals surface area contributed by atoms with Crippen molar-refractivity contribution in [3.05, 3.63) is 59.7 Å². The molecular formula is C20H22N6O. The monoisotopic (exact) mass is 362 g/mol. The second-order valence-corrected chi connectivity index (χ2v) is 6.77. The van der Waals surface area contributed by atoms with Crippen LogP contribution in [0.5, 0.6) is 0 Å². The zero-order valence-electron chi connectivity index (χ0n) is 15.5. The summed E-state index contributed by atoms with van der Waals surface area (Å²) in [4.78, 5) is 22.7. The molecule has 1 amide bonds. The van der Waals surface area contributed by atoms with E-state index in [4.69, 9.17) is 0 Å². The van der Waals surface area contributed by atoms with Gasteiger partial charge in [0.05, 0.1) is 18.1 Å². The van der Waals surface area contributed by atoms with Gasteiger partial charge in [-0.2, -0.15) is 5.10 Å². The molecule has 1 aliphatic heterocycles. The van der Waals surface area contributed by atoms with Crippen LogP contribution in [0.25, 0.3) is 5.82 Å². The SMILES string of the molecule is Cc1cc(C)n(-c2cncc(NCc3cccc(N4CCCC4=O)c3)n2)n1. The molecule has 0 saturated carbocycles. The van der Waals surface area contributed by atoms with Crippen LogP contribution >= 0.6 is 0 Å². The van der Waals surface area contributed by atoms with Crippen molar-refractivity contribution in [1.82, 2.24) is 19.7 Å². The predicted molar refractivity (Wildman–Crippen MR) is 104 cm³/mol. The van der Waals surface area contributed by atoms with E-state index in [0.29, 0.717) is 24.6 Å². The van der Waals surface area contributed by atoms with Crippen LogP contribution in [-0.4, -0.2) is 32.2 Å². The number of rotatable bonds is 5. The van der Waals surface area contributed by atoms with Gasteiger partial charge >= 0.3 is 0 Å². The summed E-state index contributed by atoms with van der Waals surface area (Å²) in [5.41, 5.74) is 4.01. The number of aromatic nitrogens is 4. The third kappa shape index (κ3) is 3.67. The Hall–Kier alpha value is -3.22. The maximum atomic E-state index is 12.0. The maximum absolute atomic E-state index is 12.0. The van der Waals surface area contributed by atoms with Gasteiger partial charge < -0.3 is 10.2 Å². The van der Waals surface area contributed by atoms with E-state index in [1.54, 1.807) is 17.1 Å². The minimum absolute atomic E-state index is 0.198. The lowest BCUT2D eigenvalue weighted by Crippen LogP contribution is -2.23. The number of carbonyl (C=O) groups excluding carboxylic acids is 1. The number of hydrogen-bond acceptors (Lipinski definition) is 5. The Kier molecular flexibility index (Phi) is 4.58. The first-order valence-corrected chi connectivity index (χ1v) is 9.09. The number of nitrogens with zero attached hydrogens (tertiary/aromatic N) is 5. The lowest BCUT2D eigenvalue weighted by molar-refractivity contribution is -0.117. The topological polar surface area (TPSA) is 75.9 Å². The number of amides is 1. The van der Waals surface area contributed by atoms with E-state index in [2.05, 4.69) is 26.4 Å². The van der Waals surface area contributed by atoms with Gasteiger partial charge in [0.15, 0.2) is 5.82 Å². The van der Waals surface area contributed by atoms with Crippen molar-refractivity contribution in [1.29, 1.82) is 0 Å². The van der Waals surface area contributed by atoms with Gasteiger partial charge in [-0.15, -0.1) is 0 Å². The minimum atomic E-state index is 0.198. The molecule has 0 atom stereocenters. The average molecular weight is 362 g/mol. The van der Waals surface area contributed by atoms with E-state index in [9.17, 15) is 4.79 Å². The van der Waals surface area contributed by atoms with Gasteiger partial charge in [-0.3, -0.25) is 9.78 Å². The van der Waals surface area contributed by atoms with E-state index < -0.39 is 0 Å². The first-order valence-electron chi connectivity index (χ1n) is 9.09. The summed E-state index contributed by atoms with van der Waals surface area (Å²) in [5.74, 6) is 1.56. The summed E-state index contributed by atoms with van der Waals surface area (Å²) >= 11 is 0. The van der Waals surface area contributed by atoms with E-state index in [1.807, 2.05) is 43.0 Å². The van der Waals surface area contributed by atoms with E-state index in [-0.39, 0.29) is 5.91 Å². The van der Waals surface area contributed by atoms with Gasteiger partial charge in [-0.1, -0.05) is 12.1 Å². The molecule has 0 unspecified atom stereocenters. The van der Waals surface area contributed by atoms with Gasteiger partial charge in [0.25, 0.3) is 0 Å². The summed E-state index contributed by atoms with van der Waals surface area (Å²) in [6.07, 6.45) is 4.96. The Labute approximate surface area is 158 Å². The molecule has 0 spiro atoms. The van der Waals surface area contributed by atoms with Gasteiger partial charge in [-0.05, 0) is 44.0 Å². The Morgan fingerprint density at radius 2 is 2.07 bits per heavy atom. The first-order chi connectivity index (χ1) is 13.1. The van der Waals surface area contributed by atoms with Crippen LogP contribution in [0.4, 0.5) is 11.5 Å². The number of carbonyl (C=O) groups is 1. The molecule has 138 valence electrons. The van der Waals surface area contributed by atoms with Crippen LogP contribution in [0.2, 0.25) is 0 Å². The van der Waals surface area contributed by atoms with E-state index in [0.717, 1.165) is 35.6 Å². The molecule has 1 fully saturated rings. The molecule has 1 aromatic carbocycles. The summed E-state index contributed by atoms with van der Waals surface area (Å²) in [5, 5.41) is 7.76. The molecule has 7 heteroatoms. The molecular weight excluding hydrogens is 340 g/mol. The fourth-order valence-corrected chi connectivity index (χ4v) is 3.35. The lowest BCUT2D eigenvalue weighted by Gasteiger charge is -2.16. The van der Waals surface area contributed by atoms with E-state index in [1.165, 1.54) is 0 Å². The third-order valence-electron chi connectivity index (χ3n) is 4.62. The zero-order valence-corrected chi connectivity index (χ0v) is 15.5. The molecule has 0 radical (unpaired) electrons.